The van der Waals surface area contributed by atoms with Gasteiger partial charge in [0.1, 0.15) is 0 Å². The van der Waals surface area contributed by atoms with E-state index in [1.165, 1.54) is 12.8 Å². The van der Waals surface area contributed by atoms with Crippen LogP contribution in [-0.4, -0.2) is 60.1 Å². The topological polar surface area (TPSA) is 43.8 Å². The lowest BCUT2D eigenvalue weighted by atomic mass is 9.88. The van der Waals surface area contributed by atoms with E-state index < -0.39 is 0 Å². The zero-order chi connectivity index (χ0) is 17.1. The molecule has 2 heterocycles. The summed E-state index contributed by atoms with van der Waals surface area (Å²) in [7, 11) is 0. The molecule has 5 heteroatoms. The molecule has 2 atom stereocenters. The number of nitrogens with zero attached hydrogens (tertiary/aromatic N) is 2. The molecule has 1 amide bonds. The molecule has 2 aliphatic rings. The summed E-state index contributed by atoms with van der Waals surface area (Å²) in [5.41, 5.74) is 1.61. The van der Waals surface area contributed by atoms with E-state index >= 15 is 0 Å². The highest BCUT2D eigenvalue weighted by molar-refractivity contribution is 6.33. The molecule has 1 aromatic carbocycles. The van der Waals surface area contributed by atoms with Crippen molar-refractivity contribution in [2.45, 2.75) is 26.2 Å². The third kappa shape index (κ3) is 4.11. The van der Waals surface area contributed by atoms with Crippen molar-refractivity contribution in [3.63, 3.8) is 0 Å². The molecule has 24 heavy (non-hydrogen) atoms. The summed E-state index contributed by atoms with van der Waals surface area (Å²) in [5.74, 6) is 0.591. The number of aryl methyl sites for hydroxylation is 1. The van der Waals surface area contributed by atoms with Gasteiger partial charge in [-0.25, -0.2) is 0 Å². The molecular formula is C19H27ClN2O2. The van der Waals surface area contributed by atoms with Gasteiger partial charge in [0.15, 0.2) is 0 Å². The maximum absolute atomic E-state index is 13.0. The minimum Gasteiger partial charge on any atom is -0.396 e. The lowest BCUT2D eigenvalue weighted by Crippen LogP contribution is -2.47. The quantitative estimate of drug-likeness (QED) is 0.908. The third-order valence-corrected chi connectivity index (χ3v) is 5.57. The predicted octanol–water partition coefficient (Wildman–Crippen LogP) is 2.81. The fourth-order valence-corrected chi connectivity index (χ4v) is 4.25. The van der Waals surface area contributed by atoms with Crippen LogP contribution in [0.2, 0.25) is 5.02 Å². The number of benzene rings is 1. The normalized spacial score (nSPS) is 25.2. The van der Waals surface area contributed by atoms with E-state index in [0.717, 1.165) is 38.2 Å². The van der Waals surface area contributed by atoms with Gasteiger partial charge in [0, 0.05) is 26.2 Å². The van der Waals surface area contributed by atoms with E-state index in [9.17, 15) is 9.90 Å². The molecular weight excluding hydrogens is 324 g/mol. The number of hydrogen-bond acceptors (Lipinski definition) is 3. The van der Waals surface area contributed by atoms with Crippen LogP contribution in [0.15, 0.2) is 18.2 Å². The summed E-state index contributed by atoms with van der Waals surface area (Å²) in [6.07, 6.45) is 3.55. The first-order valence-corrected chi connectivity index (χ1v) is 9.33. The number of carbonyl (C=O) groups is 1. The number of aliphatic hydroxyl groups is 1. The summed E-state index contributed by atoms with van der Waals surface area (Å²) in [6, 6.07) is 5.57. The van der Waals surface area contributed by atoms with Crippen molar-refractivity contribution in [3.05, 3.63) is 34.3 Å². The smallest absolute Gasteiger partial charge is 0.255 e. The van der Waals surface area contributed by atoms with Crippen molar-refractivity contribution < 1.29 is 9.90 Å². The van der Waals surface area contributed by atoms with Crippen LogP contribution in [0.25, 0.3) is 0 Å². The Labute approximate surface area is 149 Å². The van der Waals surface area contributed by atoms with Gasteiger partial charge in [0.25, 0.3) is 5.91 Å². The van der Waals surface area contributed by atoms with Crippen molar-refractivity contribution in [3.8, 4) is 0 Å². The first kappa shape index (κ1) is 17.7. The summed E-state index contributed by atoms with van der Waals surface area (Å²) < 4.78 is 0. The zero-order valence-corrected chi connectivity index (χ0v) is 15.1. The highest BCUT2D eigenvalue weighted by Gasteiger charge is 2.32. The van der Waals surface area contributed by atoms with E-state index in [1.807, 2.05) is 24.0 Å². The summed E-state index contributed by atoms with van der Waals surface area (Å²) in [6.45, 7) is 6.85. The van der Waals surface area contributed by atoms with Gasteiger partial charge in [0.05, 0.1) is 10.6 Å². The summed E-state index contributed by atoms with van der Waals surface area (Å²) in [5, 5.41) is 10.2. The Hall–Kier alpha value is -1.10. The molecule has 0 aromatic heterocycles. The highest BCUT2D eigenvalue weighted by atomic mass is 35.5. The fraction of sp³-hybridized carbons (Fsp3) is 0.632. The van der Waals surface area contributed by atoms with Crippen molar-refractivity contribution in [2.75, 3.05) is 39.3 Å². The van der Waals surface area contributed by atoms with E-state index in [0.29, 0.717) is 23.0 Å². The van der Waals surface area contributed by atoms with E-state index in [-0.39, 0.29) is 18.4 Å². The Bertz CT molecular complexity index is 587. The third-order valence-electron chi connectivity index (χ3n) is 5.24. The molecule has 1 aromatic rings. The lowest BCUT2D eigenvalue weighted by Gasteiger charge is -2.38. The van der Waals surface area contributed by atoms with Crippen LogP contribution in [0, 0.1) is 18.8 Å². The van der Waals surface area contributed by atoms with Crippen molar-refractivity contribution in [1.82, 2.24) is 9.80 Å². The number of hydrogen-bond donors (Lipinski definition) is 1. The largest absolute Gasteiger partial charge is 0.396 e. The number of halogens is 1. The summed E-state index contributed by atoms with van der Waals surface area (Å²) >= 11 is 6.25. The van der Waals surface area contributed by atoms with Crippen molar-refractivity contribution in [1.29, 1.82) is 0 Å². The van der Waals surface area contributed by atoms with Gasteiger partial charge in [-0.3, -0.25) is 4.79 Å². The molecule has 0 aliphatic carbocycles. The first-order valence-electron chi connectivity index (χ1n) is 8.95. The molecule has 0 unspecified atom stereocenters. The number of aliphatic hydroxyl groups excluding tert-OH is 1. The van der Waals surface area contributed by atoms with Crippen LogP contribution in [0.1, 0.15) is 35.2 Å². The van der Waals surface area contributed by atoms with Gasteiger partial charge in [0.2, 0.25) is 0 Å². The Morgan fingerprint density at radius 1 is 1.25 bits per heavy atom. The van der Waals surface area contributed by atoms with E-state index in [4.69, 9.17) is 11.6 Å². The van der Waals surface area contributed by atoms with Crippen LogP contribution < -0.4 is 0 Å². The average molecular weight is 351 g/mol. The average Bonchev–Trinajstić information content (AvgIpc) is 3.09. The number of carbonyl (C=O) groups excluding carboxylic acids is 1. The molecule has 4 nitrogen and oxygen atoms in total. The number of piperidine rings is 1. The van der Waals surface area contributed by atoms with Crippen molar-refractivity contribution >= 4 is 17.5 Å². The van der Waals surface area contributed by atoms with Gasteiger partial charge in [-0.15, -0.1) is 0 Å². The van der Waals surface area contributed by atoms with Gasteiger partial charge in [-0.2, -0.15) is 0 Å². The molecule has 0 bridgehead atoms. The maximum atomic E-state index is 13.0. The fourth-order valence-electron chi connectivity index (χ4n) is 4.05. The number of likely N-dealkylation sites (tertiary alicyclic amines) is 2. The van der Waals surface area contributed by atoms with Crippen LogP contribution in [-0.2, 0) is 0 Å². The van der Waals surface area contributed by atoms with Crippen LogP contribution in [0.5, 0.6) is 0 Å². The van der Waals surface area contributed by atoms with Gasteiger partial charge in [-0.1, -0.05) is 23.2 Å². The summed E-state index contributed by atoms with van der Waals surface area (Å²) in [4.78, 5) is 17.4. The van der Waals surface area contributed by atoms with Crippen LogP contribution >= 0.6 is 11.6 Å². The van der Waals surface area contributed by atoms with Crippen LogP contribution in [0.4, 0.5) is 0 Å². The lowest BCUT2D eigenvalue weighted by molar-refractivity contribution is 0.0465. The highest BCUT2D eigenvalue weighted by Crippen LogP contribution is 2.27. The molecule has 132 valence electrons. The molecule has 2 fully saturated rings. The van der Waals surface area contributed by atoms with Gasteiger partial charge >= 0.3 is 0 Å². The van der Waals surface area contributed by atoms with Gasteiger partial charge in [-0.05, 0) is 63.2 Å². The second-order valence-electron chi connectivity index (χ2n) is 7.35. The Balaban J connectivity index is 1.72. The molecule has 1 N–H and O–H groups in total. The SMILES string of the molecule is Cc1ccc(Cl)c(C(=O)N2C[C@H](CO)C[C@@H](CN3CCCC3)C2)c1. The van der Waals surface area contributed by atoms with E-state index in [1.54, 1.807) is 6.07 Å². The van der Waals surface area contributed by atoms with E-state index in [2.05, 4.69) is 4.90 Å². The van der Waals surface area contributed by atoms with Gasteiger partial charge < -0.3 is 14.9 Å². The Morgan fingerprint density at radius 2 is 1.96 bits per heavy atom. The first-order chi connectivity index (χ1) is 11.6. The second-order valence-corrected chi connectivity index (χ2v) is 7.76. The Morgan fingerprint density at radius 3 is 2.67 bits per heavy atom. The Kier molecular flexibility index (Phi) is 5.80. The van der Waals surface area contributed by atoms with Crippen molar-refractivity contribution in [2.24, 2.45) is 11.8 Å². The molecule has 0 radical (unpaired) electrons. The molecule has 0 saturated carbocycles. The maximum Gasteiger partial charge on any atom is 0.255 e. The molecule has 0 spiro atoms. The monoisotopic (exact) mass is 350 g/mol. The zero-order valence-electron chi connectivity index (χ0n) is 14.4. The number of rotatable bonds is 4. The molecule has 3 rings (SSSR count). The minimum absolute atomic E-state index is 0.00623. The second kappa shape index (κ2) is 7.85. The standard InChI is InChI=1S/C19H27ClN2O2/c1-14-4-5-18(20)17(8-14)19(24)22-11-15(9-16(12-22)13-23)10-21-6-2-3-7-21/h4-5,8,15-16,23H,2-3,6-7,9-13H2,1H3/t15-,16+/m0/s1. The van der Waals surface area contributed by atoms with Crippen LogP contribution in [0.3, 0.4) is 0 Å². The number of amides is 1. The minimum atomic E-state index is -0.00623. The molecule has 2 saturated heterocycles. The molecule has 2 aliphatic heterocycles. The predicted molar refractivity (Wildman–Crippen MR) is 96.4 cm³/mol.